The predicted molar refractivity (Wildman–Crippen MR) is 73.6 cm³/mol. The molecule has 1 aromatic carbocycles. The molecule has 0 amide bonds. The van der Waals surface area contributed by atoms with Crippen molar-refractivity contribution >= 4 is 0 Å². The maximum absolute atomic E-state index is 5.27. The number of hydrogen-bond donors (Lipinski definition) is 1. The van der Waals surface area contributed by atoms with Gasteiger partial charge < -0.3 is 10.1 Å². The maximum atomic E-state index is 5.27. The van der Waals surface area contributed by atoms with Crippen LogP contribution in [0, 0.1) is 6.92 Å². The predicted octanol–water partition coefficient (Wildman–Crippen LogP) is 3.67. The molecule has 2 nitrogen and oxygen atoms in total. The molecular formula is C15H25NO. The zero-order valence-electron chi connectivity index (χ0n) is 11.8. The van der Waals surface area contributed by atoms with Gasteiger partial charge in [0.25, 0.3) is 0 Å². The van der Waals surface area contributed by atoms with Gasteiger partial charge in [0.1, 0.15) is 5.75 Å². The second-order valence-electron chi connectivity index (χ2n) is 4.93. The maximum Gasteiger partial charge on any atom is 0.121 e. The topological polar surface area (TPSA) is 21.3 Å². The van der Waals surface area contributed by atoms with Crippen molar-refractivity contribution in [2.45, 2.75) is 52.6 Å². The minimum Gasteiger partial charge on any atom is -0.496 e. The summed E-state index contributed by atoms with van der Waals surface area (Å²) in [6, 6.07) is 6.36. The van der Waals surface area contributed by atoms with Crippen LogP contribution < -0.4 is 10.1 Å². The molecule has 0 radical (unpaired) electrons. The van der Waals surface area contributed by atoms with E-state index in [-0.39, 0.29) is 5.54 Å². The van der Waals surface area contributed by atoms with Gasteiger partial charge in [0.2, 0.25) is 0 Å². The number of methoxy groups -OCH3 is 1. The fourth-order valence-electron chi connectivity index (χ4n) is 1.87. The second kappa shape index (κ2) is 6.06. The third-order valence-electron chi connectivity index (χ3n) is 3.74. The van der Waals surface area contributed by atoms with E-state index in [0.717, 1.165) is 25.1 Å². The molecule has 0 fully saturated rings. The number of rotatable bonds is 6. The number of nitrogens with one attached hydrogen (secondary N) is 1. The lowest BCUT2D eigenvalue weighted by atomic mass is 9.95. The summed E-state index contributed by atoms with van der Waals surface area (Å²) in [5, 5.41) is 3.64. The van der Waals surface area contributed by atoms with Crippen molar-refractivity contribution < 1.29 is 4.74 Å². The van der Waals surface area contributed by atoms with Gasteiger partial charge in [-0.15, -0.1) is 0 Å². The summed E-state index contributed by atoms with van der Waals surface area (Å²) < 4.78 is 5.27. The van der Waals surface area contributed by atoms with Crippen molar-refractivity contribution in [3.63, 3.8) is 0 Å². The highest BCUT2D eigenvalue weighted by atomic mass is 16.5. The third kappa shape index (κ3) is 3.74. The van der Waals surface area contributed by atoms with E-state index in [9.17, 15) is 0 Å². The quantitative estimate of drug-likeness (QED) is 0.812. The monoisotopic (exact) mass is 235 g/mol. The van der Waals surface area contributed by atoms with Gasteiger partial charge in [-0.05, 0) is 43.9 Å². The van der Waals surface area contributed by atoms with Crippen LogP contribution >= 0.6 is 0 Å². The smallest absolute Gasteiger partial charge is 0.121 e. The summed E-state index contributed by atoms with van der Waals surface area (Å²) >= 11 is 0. The first kappa shape index (κ1) is 14.0. The summed E-state index contributed by atoms with van der Waals surface area (Å²) in [6.45, 7) is 9.75. The Bertz CT molecular complexity index is 356. The van der Waals surface area contributed by atoms with E-state index in [0.29, 0.717) is 0 Å². The number of aryl methyl sites for hydroxylation is 1. The second-order valence-corrected chi connectivity index (χ2v) is 4.93. The van der Waals surface area contributed by atoms with Crippen molar-refractivity contribution in [2.75, 3.05) is 7.11 Å². The third-order valence-corrected chi connectivity index (χ3v) is 3.74. The highest BCUT2D eigenvalue weighted by Crippen LogP contribution is 2.20. The van der Waals surface area contributed by atoms with Crippen LogP contribution in [0.3, 0.4) is 0 Å². The lowest BCUT2D eigenvalue weighted by molar-refractivity contribution is 0.329. The van der Waals surface area contributed by atoms with Crippen molar-refractivity contribution in [3.05, 3.63) is 29.3 Å². The summed E-state index contributed by atoms with van der Waals surface area (Å²) in [5.41, 5.74) is 2.76. The molecule has 0 saturated carbocycles. The molecule has 1 aromatic rings. The Hall–Kier alpha value is -1.02. The van der Waals surface area contributed by atoms with Gasteiger partial charge >= 0.3 is 0 Å². The van der Waals surface area contributed by atoms with Gasteiger partial charge in [0.15, 0.2) is 0 Å². The molecular weight excluding hydrogens is 210 g/mol. The summed E-state index contributed by atoms with van der Waals surface area (Å²) in [5.74, 6) is 0.961. The average Bonchev–Trinajstić information content (AvgIpc) is 2.36. The summed E-state index contributed by atoms with van der Waals surface area (Å²) in [4.78, 5) is 0. The van der Waals surface area contributed by atoms with Gasteiger partial charge in [0.05, 0.1) is 7.11 Å². The molecule has 0 spiro atoms. The van der Waals surface area contributed by atoms with Crippen LogP contribution in [-0.2, 0) is 6.54 Å². The molecule has 0 bridgehead atoms. The highest BCUT2D eigenvalue weighted by Gasteiger charge is 2.18. The number of ether oxygens (including phenoxy) is 1. The molecule has 0 unspecified atom stereocenters. The molecule has 0 aromatic heterocycles. The first-order chi connectivity index (χ1) is 8.04. The average molecular weight is 235 g/mol. The van der Waals surface area contributed by atoms with E-state index in [1.165, 1.54) is 11.1 Å². The van der Waals surface area contributed by atoms with Crippen LogP contribution in [0.2, 0.25) is 0 Å². The first-order valence-electron chi connectivity index (χ1n) is 6.43. The standard InChI is InChI=1S/C15H25NO/c1-6-15(4,7-2)16-11-13-8-9-14(17-5)12(3)10-13/h8-10,16H,6-7,11H2,1-5H3. The molecule has 0 aliphatic rings. The fraction of sp³-hybridized carbons (Fsp3) is 0.600. The van der Waals surface area contributed by atoms with E-state index >= 15 is 0 Å². The number of benzene rings is 1. The molecule has 17 heavy (non-hydrogen) atoms. The van der Waals surface area contributed by atoms with Gasteiger partial charge in [-0.2, -0.15) is 0 Å². The molecule has 0 heterocycles. The van der Waals surface area contributed by atoms with E-state index in [1.54, 1.807) is 7.11 Å². The van der Waals surface area contributed by atoms with E-state index in [2.05, 4.69) is 45.1 Å². The molecule has 0 aliphatic heterocycles. The fourth-order valence-corrected chi connectivity index (χ4v) is 1.87. The van der Waals surface area contributed by atoms with E-state index < -0.39 is 0 Å². The molecule has 1 rings (SSSR count). The highest BCUT2D eigenvalue weighted by molar-refractivity contribution is 5.36. The van der Waals surface area contributed by atoms with Gasteiger partial charge in [0, 0.05) is 12.1 Å². The van der Waals surface area contributed by atoms with Gasteiger partial charge in [-0.1, -0.05) is 26.0 Å². The lowest BCUT2D eigenvalue weighted by Gasteiger charge is -2.28. The zero-order valence-corrected chi connectivity index (χ0v) is 11.8. The Morgan fingerprint density at radius 1 is 1.24 bits per heavy atom. The molecule has 96 valence electrons. The Labute approximate surface area is 105 Å². The molecule has 1 N–H and O–H groups in total. The molecule has 0 atom stereocenters. The normalized spacial score (nSPS) is 11.6. The molecule has 0 saturated heterocycles. The van der Waals surface area contributed by atoms with E-state index in [4.69, 9.17) is 4.74 Å². The number of hydrogen-bond acceptors (Lipinski definition) is 2. The van der Waals surface area contributed by atoms with Crippen LogP contribution in [0.15, 0.2) is 18.2 Å². The Balaban J connectivity index is 2.67. The lowest BCUT2D eigenvalue weighted by Crippen LogP contribution is -2.40. The SMILES string of the molecule is CCC(C)(CC)NCc1ccc(OC)c(C)c1. The Morgan fingerprint density at radius 2 is 1.88 bits per heavy atom. The van der Waals surface area contributed by atoms with Gasteiger partial charge in [-0.25, -0.2) is 0 Å². The van der Waals surface area contributed by atoms with Crippen LogP contribution in [0.1, 0.15) is 44.7 Å². The minimum absolute atomic E-state index is 0.244. The summed E-state index contributed by atoms with van der Waals surface area (Å²) in [7, 11) is 1.71. The summed E-state index contributed by atoms with van der Waals surface area (Å²) in [6.07, 6.45) is 2.30. The molecule has 0 aliphatic carbocycles. The first-order valence-corrected chi connectivity index (χ1v) is 6.43. The van der Waals surface area contributed by atoms with Crippen LogP contribution in [0.4, 0.5) is 0 Å². The van der Waals surface area contributed by atoms with Crippen LogP contribution in [-0.4, -0.2) is 12.6 Å². The van der Waals surface area contributed by atoms with Crippen molar-refractivity contribution in [3.8, 4) is 5.75 Å². The van der Waals surface area contributed by atoms with Crippen LogP contribution in [0.25, 0.3) is 0 Å². The van der Waals surface area contributed by atoms with E-state index in [1.807, 2.05) is 6.07 Å². The van der Waals surface area contributed by atoms with Crippen LogP contribution in [0.5, 0.6) is 5.75 Å². The largest absolute Gasteiger partial charge is 0.496 e. The van der Waals surface area contributed by atoms with Crippen molar-refractivity contribution in [2.24, 2.45) is 0 Å². The Morgan fingerprint density at radius 3 is 2.35 bits per heavy atom. The molecule has 2 heteroatoms. The minimum atomic E-state index is 0.244. The van der Waals surface area contributed by atoms with Gasteiger partial charge in [-0.3, -0.25) is 0 Å². The van der Waals surface area contributed by atoms with Crippen molar-refractivity contribution in [1.29, 1.82) is 0 Å². The van der Waals surface area contributed by atoms with Crippen molar-refractivity contribution in [1.82, 2.24) is 5.32 Å². The zero-order chi connectivity index (χ0) is 12.9. The Kier molecular flexibility index (Phi) is 5.01.